The summed E-state index contributed by atoms with van der Waals surface area (Å²) >= 11 is 0. The number of carbonyl (C=O) groups excluding carboxylic acids is 3. The standard InChI is InChI=1S/C15H19N3O7/c1-9(24-14(20)11-7-8-12(25-11)18(22)23)13(19)17-15(21)16-10-5-3-2-4-6-10/h7-10H,2-6H2,1H3,(H2,16,17,19,21)/t9-/m0/s1. The summed E-state index contributed by atoms with van der Waals surface area (Å²) in [6, 6.07) is 1.45. The van der Waals surface area contributed by atoms with Crippen LogP contribution in [0.2, 0.25) is 0 Å². The molecule has 0 aromatic carbocycles. The maximum absolute atomic E-state index is 11.9. The van der Waals surface area contributed by atoms with E-state index in [9.17, 15) is 24.5 Å². The van der Waals surface area contributed by atoms with Crippen LogP contribution in [0.5, 0.6) is 0 Å². The lowest BCUT2D eigenvalue weighted by Gasteiger charge is -2.23. The van der Waals surface area contributed by atoms with E-state index in [0.29, 0.717) is 0 Å². The van der Waals surface area contributed by atoms with Crippen molar-refractivity contribution in [1.29, 1.82) is 0 Å². The summed E-state index contributed by atoms with van der Waals surface area (Å²) in [7, 11) is 0. The quantitative estimate of drug-likeness (QED) is 0.468. The summed E-state index contributed by atoms with van der Waals surface area (Å²) in [5, 5.41) is 15.3. The van der Waals surface area contributed by atoms with Crippen LogP contribution in [0.4, 0.5) is 10.7 Å². The van der Waals surface area contributed by atoms with Crippen LogP contribution < -0.4 is 10.6 Å². The van der Waals surface area contributed by atoms with E-state index < -0.39 is 40.6 Å². The molecule has 0 spiro atoms. The molecule has 1 aliphatic rings. The number of imide groups is 1. The number of nitrogens with one attached hydrogen (secondary N) is 2. The molecule has 3 amide bonds. The Hall–Kier alpha value is -2.91. The lowest BCUT2D eigenvalue weighted by Crippen LogP contribution is -2.48. The number of hydrogen-bond donors (Lipinski definition) is 2. The average Bonchev–Trinajstić information content (AvgIpc) is 3.06. The van der Waals surface area contributed by atoms with Crippen LogP contribution in [0.25, 0.3) is 0 Å². The Morgan fingerprint density at radius 2 is 1.96 bits per heavy atom. The number of esters is 1. The molecule has 1 atom stereocenters. The monoisotopic (exact) mass is 353 g/mol. The van der Waals surface area contributed by atoms with Gasteiger partial charge >= 0.3 is 17.9 Å². The highest BCUT2D eigenvalue weighted by molar-refractivity contribution is 5.98. The molecule has 1 aromatic rings. The Kier molecular flexibility index (Phi) is 6.09. The lowest BCUT2D eigenvalue weighted by atomic mass is 9.96. The molecule has 1 aliphatic carbocycles. The summed E-state index contributed by atoms with van der Waals surface area (Å²) < 4.78 is 9.52. The van der Waals surface area contributed by atoms with Gasteiger partial charge in [0.25, 0.3) is 5.91 Å². The first-order valence-electron chi connectivity index (χ1n) is 7.93. The van der Waals surface area contributed by atoms with Gasteiger partial charge in [0.15, 0.2) is 6.10 Å². The zero-order chi connectivity index (χ0) is 18.4. The van der Waals surface area contributed by atoms with Crippen LogP contribution >= 0.6 is 0 Å². The van der Waals surface area contributed by atoms with Gasteiger partial charge in [0, 0.05) is 6.04 Å². The van der Waals surface area contributed by atoms with Crippen LogP contribution in [0.3, 0.4) is 0 Å². The second-order valence-electron chi connectivity index (χ2n) is 5.74. The highest BCUT2D eigenvalue weighted by Gasteiger charge is 2.25. The number of hydrogen-bond acceptors (Lipinski definition) is 7. The smallest absolute Gasteiger partial charge is 0.433 e. The minimum atomic E-state index is -1.27. The zero-order valence-corrected chi connectivity index (χ0v) is 13.6. The second-order valence-corrected chi connectivity index (χ2v) is 5.74. The van der Waals surface area contributed by atoms with Gasteiger partial charge in [-0.15, -0.1) is 0 Å². The molecule has 0 radical (unpaired) electrons. The minimum Gasteiger partial charge on any atom is -0.447 e. The maximum atomic E-state index is 11.9. The van der Waals surface area contributed by atoms with Gasteiger partial charge in [0.2, 0.25) is 5.76 Å². The predicted octanol–water partition coefficient (Wildman–Crippen LogP) is 1.89. The first-order chi connectivity index (χ1) is 11.9. The largest absolute Gasteiger partial charge is 0.447 e. The van der Waals surface area contributed by atoms with Crippen molar-refractivity contribution in [2.75, 3.05) is 0 Å². The number of nitro groups is 1. The topological polar surface area (TPSA) is 141 Å². The summed E-state index contributed by atoms with van der Waals surface area (Å²) in [5.74, 6) is -2.86. The van der Waals surface area contributed by atoms with Gasteiger partial charge in [-0.05, 0) is 25.8 Å². The molecule has 2 N–H and O–H groups in total. The van der Waals surface area contributed by atoms with Gasteiger partial charge in [-0.3, -0.25) is 20.2 Å². The van der Waals surface area contributed by atoms with Crippen molar-refractivity contribution >= 4 is 23.8 Å². The molecule has 0 aliphatic heterocycles. The third kappa shape index (κ3) is 5.30. The first-order valence-corrected chi connectivity index (χ1v) is 7.93. The van der Waals surface area contributed by atoms with Gasteiger partial charge in [-0.25, -0.2) is 9.59 Å². The van der Waals surface area contributed by atoms with Gasteiger partial charge in [0.05, 0.1) is 6.07 Å². The minimum absolute atomic E-state index is 0.0306. The molecule has 1 fully saturated rings. The normalized spacial score (nSPS) is 15.9. The maximum Gasteiger partial charge on any atom is 0.433 e. The number of amides is 3. The molecule has 2 rings (SSSR count). The van der Waals surface area contributed by atoms with E-state index in [4.69, 9.17) is 4.74 Å². The molecular formula is C15H19N3O7. The number of carbonyl (C=O) groups is 3. The lowest BCUT2D eigenvalue weighted by molar-refractivity contribution is -0.402. The number of urea groups is 1. The zero-order valence-electron chi connectivity index (χ0n) is 13.6. The van der Waals surface area contributed by atoms with E-state index in [2.05, 4.69) is 15.1 Å². The summed E-state index contributed by atoms with van der Waals surface area (Å²) in [5.41, 5.74) is 0. The van der Waals surface area contributed by atoms with Crippen LogP contribution in [-0.4, -0.2) is 35.0 Å². The Morgan fingerprint density at radius 3 is 2.56 bits per heavy atom. The Balaban J connectivity index is 1.81. The van der Waals surface area contributed by atoms with Crippen LogP contribution in [0.1, 0.15) is 49.6 Å². The van der Waals surface area contributed by atoms with Crippen LogP contribution in [0.15, 0.2) is 16.5 Å². The van der Waals surface area contributed by atoms with Crippen molar-refractivity contribution in [1.82, 2.24) is 10.6 Å². The molecule has 10 heteroatoms. The second kappa shape index (κ2) is 8.27. The molecule has 1 heterocycles. The molecule has 0 unspecified atom stereocenters. The molecule has 10 nitrogen and oxygen atoms in total. The molecule has 1 saturated carbocycles. The van der Waals surface area contributed by atoms with E-state index in [1.165, 1.54) is 6.92 Å². The van der Waals surface area contributed by atoms with E-state index in [1.54, 1.807) is 0 Å². The number of ether oxygens (including phenoxy) is 1. The fourth-order valence-corrected chi connectivity index (χ4v) is 2.49. The molecular weight excluding hydrogens is 334 g/mol. The van der Waals surface area contributed by atoms with Gasteiger partial charge in [-0.2, -0.15) is 0 Å². The Bertz CT molecular complexity index is 664. The predicted molar refractivity (Wildman–Crippen MR) is 83.8 cm³/mol. The van der Waals surface area contributed by atoms with Gasteiger partial charge in [0.1, 0.15) is 4.92 Å². The molecule has 0 saturated heterocycles. The average molecular weight is 353 g/mol. The first kappa shape index (κ1) is 18.4. The van der Waals surface area contributed by atoms with Crippen molar-refractivity contribution in [2.45, 2.75) is 51.2 Å². The van der Waals surface area contributed by atoms with E-state index in [-0.39, 0.29) is 6.04 Å². The van der Waals surface area contributed by atoms with Gasteiger partial charge in [-0.1, -0.05) is 19.3 Å². The van der Waals surface area contributed by atoms with Crippen molar-refractivity contribution in [3.63, 3.8) is 0 Å². The Morgan fingerprint density at radius 1 is 1.28 bits per heavy atom. The third-order valence-electron chi connectivity index (χ3n) is 3.80. The van der Waals surface area contributed by atoms with Crippen molar-refractivity contribution in [3.8, 4) is 0 Å². The fourth-order valence-electron chi connectivity index (χ4n) is 2.49. The van der Waals surface area contributed by atoms with Crippen LogP contribution in [0, 0.1) is 10.1 Å². The fraction of sp³-hybridized carbons (Fsp3) is 0.533. The number of rotatable bonds is 5. The highest BCUT2D eigenvalue weighted by atomic mass is 16.7. The van der Waals surface area contributed by atoms with Crippen molar-refractivity contribution in [2.24, 2.45) is 0 Å². The summed E-state index contributed by atoms with van der Waals surface area (Å²) in [6.07, 6.45) is 3.65. The van der Waals surface area contributed by atoms with Gasteiger partial charge < -0.3 is 14.5 Å². The molecule has 136 valence electrons. The molecule has 1 aromatic heterocycles. The summed E-state index contributed by atoms with van der Waals surface area (Å²) in [4.78, 5) is 45.1. The summed E-state index contributed by atoms with van der Waals surface area (Å²) in [6.45, 7) is 1.28. The van der Waals surface area contributed by atoms with Crippen molar-refractivity contribution in [3.05, 3.63) is 28.0 Å². The van der Waals surface area contributed by atoms with Crippen LogP contribution in [-0.2, 0) is 9.53 Å². The van der Waals surface area contributed by atoms with Crippen molar-refractivity contribution < 1.29 is 28.5 Å². The highest BCUT2D eigenvalue weighted by Crippen LogP contribution is 2.18. The third-order valence-corrected chi connectivity index (χ3v) is 3.80. The number of nitrogens with zero attached hydrogens (tertiary/aromatic N) is 1. The van der Waals surface area contributed by atoms with E-state index in [1.807, 2.05) is 0 Å². The van der Waals surface area contributed by atoms with E-state index in [0.717, 1.165) is 44.2 Å². The number of furan rings is 1. The molecule has 0 bridgehead atoms. The Labute approximate surface area is 143 Å². The molecule has 25 heavy (non-hydrogen) atoms. The SMILES string of the molecule is C[C@H](OC(=O)c1ccc([N+](=O)[O-])o1)C(=O)NC(=O)NC1CCCCC1. The van der Waals surface area contributed by atoms with E-state index >= 15 is 0 Å².